The fourth-order valence-corrected chi connectivity index (χ4v) is 2.52. The van der Waals surface area contributed by atoms with Crippen LogP contribution < -0.4 is 5.32 Å². The molecular formula is C15H28N2O3. The molecule has 1 aliphatic rings. The van der Waals surface area contributed by atoms with Gasteiger partial charge in [-0.1, -0.05) is 6.92 Å². The van der Waals surface area contributed by atoms with Crippen LogP contribution in [0, 0.1) is 5.92 Å². The third-order valence-electron chi connectivity index (χ3n) is 4.07. The van der Waals surface area contributed by atoms with Crippen LogP contribution in [0.15, 0.2) is 0 Å². The van der Waals surface area contributed by atoms with E-state index in [-0.39, 0.29) is 17.7 Å². The second-order valence-corrected chi connectivity index (χ2v) is 6.25. The van der Waals surface area contributed by atoms with Gasteiger partial charge < -0.3 is 15.3 Å². The molecule has 1 aliphatic heterocycles. The largest absolute Gasteiger partial charge is 0.390 e. The van der Waals surface area contributed by atoms with Gasteiger partial charge in [-0.2, -0.15) is 0 Å². The predicted octanol–water partition coefficient (Wildman–Crippen LogP) is 1.30. The van der Waals surface area contributed by atoms with Crippen molar-refractivity contribution in [3.63, 3.8) is 0 Å². The van der Waals surface area contributed by atoms with Gasteiger partial charge in [0.1, 0.15) is 0 Å². The molecule has 0 radical (unpaired) electrons. The molecule has 0 aromatic rings. The van der Waals surface area contributed by atoms with E-state index in [1.165, 1.54) is 0 Å². The van der Waals surface area contributed by atoms with Gasteiger partial charge in [0.25, 0.3) is 0 Å². The lowest BCUT2D eigenvalue weighted by Crippen LogP contribution is -2.36. The van der Waals surface area contributed by atoms with Gasteiger partial charge in [0.15, 0.2) is 0 Å². The maximum atomic E-state index is 11.8. The van der Waals surface area contributed by atoms with Crippen LogP contribution in [-0.2, 0) is 9.59 Å². The highest BCUT2D eigenvalue weighted by molar-refractivity contribution is 5.80. The standard InChI is InChI=1S/C15H28N2O3/c1-12-6-4-8-15(2,20)9-5-11-17(3)13(18)7-10-16-14(12)19/h12,20H,4-11H2,1-3H3,(H,16,19). The third-order valence-corrected chi connectivity index (χ3v) is 4.07. The Morgan fingerprint density at radius 3 is 2.65 bits per heavy atom. The van der Waals surface area contributed by atoms with E-state index in [0.29, 0.717) is 32.4 Å². The summed E-state index contributed by atoms with van der Waals surface area (Å²) in [6, 6.07) is 0. The first-order chi connectivity index (χ1) is 9.32. The highest BCUT2D eigenvalue weighted by Gasteiger charge is 2.22. The number of amides is 2. The molecule has 20 heavy (non-hydrogen) atoms. The number of nitrogens with zero attached hydrogens (tertiary/aromatic N) is 1. The van der Waals surface area contributed by atoms with E-state index < -0.39 is 5.60 Å². The molecule has 1 heterocycles. The molecule has 0 aromatic heterocycles. The number of carbonyl (C=O) groups excluding carboxylic acids is 2. The van der Waals surface area contributed by atoms with Crippen molar-refractivity contribution in [3.05, 3.63) is 0 Å². The van der Waals surface area contributed by atoms with Gasteiger partial charge in [0, 0.05) is 32.5 Å². The Kier molecular flexibility index (Phi) is 6.46. The van der Waals surface area contributed by atoms with Crippen molar-refractivity contribution in [3.8, 4) is 0 Å². The van der Waals surface area contributed by atoms with Gasteiger partial charge >= 0.3 is 0 Å². The molecule has 1 fully saturated rings. The molecule has 1 rings (SSSR count). The quantitative estimate of drug-likeness (QED) is 0.704. The smallest absolute Gasteiger partial charge is 0.224 e. The Hall–Kier alpha value is -1.10. The first-order valence-electron chi connectivity index (χ1n) is 7.56. The molecule has 0 aliphatic carbocycles. The van der Waals surface area contributed by atoms with E-state index in [9.17, 15) is 14.7 Å². The molecule has 2 unspecified atom stereocenters. The topological polar surface area (TPSA) is 69.6 Å². The minimum atomic E-state index is -0.704. The summed E-state index contributed by atoms with van der Waals surface area (Å²) in [4.78, 5) is 25.4. The molecule has 2 N–H and O–H groups in total. The van der Waals surface area contributed by atoms with E-state index in [2.05, 4.69) is 5.32 Å². The van der Waals surface area contributed by atoms with Crippen molar-refractivity contribution in [1.29, 1.82) is 0 Å². The van der Waals surface area contributed by atoms with E-state index >= 15 is 0 Å². The van der Waals surface area contributed by atoms with Gasteiger partial charge in [-0.25, -0.2) is 0 Å². The van der Waals surface area contributed by atoms with Crippen molar-refractivity contribution in [2.45, 2.75) is 58.0 Å². The first kappa shape index (κ1) is 17.0. The number of nitrogens with one attached hydrogen (secondary N) is 1. The van der Waals surface area contributed by atoms with Crippen molar-refractivity contribution < 1.29 is 14.7 Å². The van der Waals surface area contributed by atoms with Crippen LogP contribution in [0.3, 0.4) is 0 Å². The Bertz CT molecular complexity index is 312. The minimum Gasteiger partial charge on any atom is -0.390 e. The van der Waals surface area contributed by atoms with E-state index in [1.54, 1.807) is 11.9 Å². The van der Waals surface area contributed by atoms with Crippen LogP contribution in [0.2, 0.25) is 0 Å². The summed E-state index contributed by atoms with van der Waals surface area (Å²) in [6.45, 7) is 4.79. The van der Waals surface area contributed by atoms with Gasteiger partial charge in [0.05, 0.1) is 5.60 Å². The van der Waals surface area contributed by atoms with Crippen LogP contribution in [-0.4, -0.2) is 47.6 Å². The van der Waals surface area contributed by atoms with E-state index in [1.807, 2.05) is 13.8 Å². The number of aliphatic hydroxyl groups is 1. The summed E-state index contributed by atoms with van der Waals surface area (Å²) in [7, 11) is 1.77. The number of carbonyl (C=O) groups is 2. The fourth-order valence-electron chi connectivity index (χ4n) is 2.52. The minimum absolute atomic E-state index is 0.00263. The van der Waals surface area contributed by atoms with Crippen molar-refractivity contribution in [2.24, 2.45) is 5.92 Å². The second kappa shape index (κ2) is 7.62. The van der Waals surface area contributed by atoms with Crippen molar-refractivity contribution in [1.82, 2.24) is 10.2 Å². The zero-order valence-corrected chi connectivity index (χ0v) is 12.9. The molecule has 2 atom stereocenters. The van der Waals surface area contributed by atoms with Crippen LogP contribution in [0.5, 0.6) is 0 Å². The Balaban J connectivity index is 2.61. The van der Waals surface area contributed by atoms with Crippen LogP contribution in [0.1, 0.15) is 52.4 Å². The summed E-state index contributed by atoms with van der Waals surface area (Å²) in [6.07, 6.45) is 4.14. The number of hydrogen-bond acceptors (Lipinski definition) is 3. The highest BCUT2D eigenvalue weighted by atomic mass is 16.3. The van der Waals surface area contributed by atoms with Crippen molar-refractivity contribution in [2.75, 3.05) is 20.1 Å². The van der Waals surface area contributed by atoms with Gasteiger partial charge in [-0.3, -0.25) is 9.59 Å². The summed E-state index contributed by atoms with van der Waals surface area (Å²) in [5, 5.41) is 13.1. The Morgan fingerprint density at radius 1 is 1.30 bits per heavy atom. The Labute approximate surface area is 121 Å². The molecule has 0 bridgehead atoms. The fraction of sp³-hybridized carbons (Fsp3) is 0.867. The summed E-state index contributed by atoms with van der Waals surface area (Å²) in [5.41, 5.74) is -0.704. The Morgan fingerprint density at radius 2 is 1.95 bits per heavy atom. The summed E-state index contributed by atoms with van der Waals surface area (Å²) in [5.74, 6) is -0.0339. The molecule has 2 amide bonds. The lowest BCUT2D eigenvalue weighted by atomic mass is 9.91. The van der Waals surface area contributed by atoms with E-state index in [4.69, 9.17) is 0 Å². The maximum absolute atomic E-state index is 11.8. The monoisotopic (exact) mass is 284 g/mol. The zero-order valence-electron chi connectivity index (χ0n) is 12.9. The third kappa shape index (κ3) is 5.90. The van der Waals surface area contributed by atoms with Crippen LogP contribution in [0.25, 0.3) is 0 Å². The van der Waals surface area contributed by atoms with E-state index in [0.717, 1.165) is 19.3 Å². The molecule has 5 nitrogen and oxygen atoms in total. The molecule has 0 saturated carbocycles. The number of hydrogen-bond donors (Lipinski definition) is 2. The predicted molar refractivity (Wildman–Crippen MR) is 78.1 cm³/mol. The molecule has 1 saturated heterocycles. The zero-order chi connectivity index (χ0) is 15.2. The van der Waals surface area contributed by atoms with Crippen molar-refractivity contribution >= 4 is 11.8 Å². The molecule has 0 spiro atoms. The molecular weight excluding hydrogens is 256 g/mol. The van der Waals surface area contributed by atoms with Crippen LogP contribution in [0.4, 0.5) is 0 Å². The summed E-state index contributed by atoms with van der Waals surface area (Å²) < 4.78 is 0. The first-order valence-corrected chi connectivity index (χ1v) is 7.56. The number of rotatable bonds is 0. The summed E-state index contributed by atoms with van der Waals surface area (Å²) >= 11 is 0. The lowest BCUT2D eigenvalue weighted by Gasteiger charge is -2.26. The normalized spacial score (nSPS) is 31.6. The SMILES string of the molecule is CC1CCCC(C)(O)CCCN(C)C(=O)CCNC1=O. The maximum Gasteiger partial charge on any atom is 0.224 e. The molecule has 116 valence electrons. The van der Waals surface area contributed by atoms with Crippen LogP contribution >= 0.6 is 0 Å². The lowest BCUT2D eigenvalue weighted by molar-refractivity contribution is -0.130. The molecule has 5 heteroatoms. The average molecular weight is 284 g/mol. The highest BCUT2D eigenvalue weighted by Crippen LogP contribution is 2.22. The van der Waals surface area contributed by atoms with Gasteiger partial charge in [0.2, 0.25) is 11.8 Å². The average Bonchev–Trinajstić information content (AvgIpc) is 2.36. The molecule has 0 aromatic carbocycles. The van der Waals surface area contributed by atoms with Gasteiger partial charge in [-0.05, 0) is 39.0 Å². The van der Waals surface area contributed by atoms with Gasteiger partial charge in [-0.15, -0.1) is 0 Å². The second-order valence-electron chi connectivity index (χ2n) is 6.25.